The van der Waals surface area contributed by atoms with Crippen LogP contribution in [0.15, 0.2) is 36.4 Å². The molecule has 1 atom stereocenters. The van der Waals surface area contributed by atoms with E-state index >= 15 is 0 Å². The zero-order chi connectivity index (χ0) is 26.4. The minimum Gasteiger partial charge on any atom is -0.465 e. The van der Waals surface area contributed by atoms with Crippen molar-refractivity contribution in [3.05, 3.63) is 47.5 Å². The van der Waals surface area contributed by atoms with Crippen LogP contribution in [-0.4, -0.2) is 25.2 Å². The lowest BCUT2D eigenvalue weighted by atomic mass is 9.76. The maximum atomic E-state index is 12.1. The fraction of sp³-hybridized carbons (Fsp3) is 0.688. The van der Waals surface area contributed by atoms with Crippen LogP contribution < -0.4 is 0 Å². The lowest BCUT2D eigenvalue weighted by Crippen LogP contribution is -2.35. The second-order valence-electron chi connectivity index (χ2n) is 11.2. The SMILES string of the molecule is C=C(C)C(=O)OCC(CCCC)(CCc1ccc(C2CCC(CCCCC)CC2)cc1)COC(C)=O. The molecule has 1 aromatic rings. The molecule has 4 heteroatoms. The predicted molar refractivity (Wildman–Crippen MR) is 148 cm³/mol. The molecule has 0 radical (unpaired) electrons. The summed E-state index contributed by atoms with van der Waals surface area (Å²) in [4.78, 5) is 23.7. The van der Waals surface area contributed by atoms with Gasteiger partial charge in [0.15, 0.2) is 0 Å². The summed E-state index contributed by atoms with van der Waals surface area (Å²) in [6.07, 6.45) is 15.4. The van der Waals surface area contributed by atoms with Gasteiger partial charge in [-0.1, -0.05) is 83.2 Å². The Kier molecular flexibility index (Phi) is 13.3. The summed E-state index contributed by atoms with van der Waals surface area (Å²) in [5.74, 6) is 0.935. The molecule has 4 nitrogen and oxygen atoms in total. The van der Waals surface area contributed by atoms with Crippen LogP contribution in [0, 0.1) is 11.3 Å². The number of ether oxygens (including phenoxy) is 2. The Morgan fingerprint density at radius 3 is 2.11 bits per heavy atom. The minimum atomic E-state index is -0.387. The summed E-state index contributed by atoms with van der Waals surface area (Å²) >= 11 is 0. The standard InChI is InChI=1S/C32H50O4/c1-6-8-10-11-27-12-16-29(17-13-27)30-18-14-28(15-19-30)20-22-32(21-9-7-2,23-35-26(5)33)24-36-31(34)25(3)4/h14-15,18-19,27,29H,3,6-13,16-17,20-24H2,1-2,4-5H3. The van der Waals surface area contributed by atoms with E-state index in [0.717, 1.165) is 38.0 Å². The fourth-order valence-corrected chi connectivity index (χ4v) is 5.44. The van der Waals surface area contributed by atoms with Gasteiger partial charge in [0.2, 0.25) is 0 Å². The number of esters is 2. The molecule has 36 heavy (non-hydrogen) atoms. The second-order valence-corrected chi connectivity index (χ2v) is 11.2. The smallest absolute Gasteiger partial charge is 0.333 e. The quantitative estimate of drug-likeness (QED) is 0.131. The van der Waals surface area contributed by atoms with Crippen molar-refractivity contribution < 1.29 is 19.1 Å². The van der Waals surface area contributed by atoms with Gasteiger partial charge in [-0.15, -0.1) is 0 Å². The van der Waals surface area contributed by atoms with Gasteiger partial charge in [0.1, 0.15) is 13.2 Å². The number of benzene rings is 1. The van der Waals surface area contributed by atoms with E-state index in [1.807, 2.05) is 0 Å². The molecule has 2 rings (SSSR count). The number of unbranched alkanes of at least 4 members (excludes halogenated alkanes) is 3. The molecule has 1 aromatic carbocycles. The highest BCUT2D eigenvalue weighted by molar-refractivity contribution is 5.86. The predicted octanol–water partition coefficient (Wildman–Crippen LogP) is 8.33. The van der Waals surface area contributed by atoms with E-state index in [1.54, 1.807) is 6.92 Å². The molecule has 1 unspecified atom stereocenters. The fourth-order valence-electron chi connectivity index (χ4n) is 5.44. The van der Waals surface area contributed by atoms with Crippen LogP contribution in [0.5, 0.6) is 0 Å². The number of aryl methyl sites for hydroxylation is 1. The van der Waals surface area contributed by atoms with E-state index in [2.05, 4.69) is 44.7 Å². The molecule has 0 aromatic heterocycles. The number of hydrogen-bond donors (Lipinski definition) is 0. The van der Waals surface area contributed by atoms with E-state index < -0.39 is 0 Å². The van der Waals surface area contributed by atoms with Gasteiger partial charge in [-0.2, -0.15) is 0 Å². The van der Waals surface area contributed by atoms with Crippen LogP contribution in [0.1, 0.15) is 122 Å². The van der Waals surface area contributed by atoms with Gasteiger partial charge in [-0.05, 0) is 74.8 Å². The number of rotatable bonds is 16. The Bertz CT molecular complexity index is 804. The van der Waals surface area contributed by atoms with Crippen LogP contribution in [-0.2, 0) is 25.5 Å². The molecule has 0 amide bonds. The number of hydrogen-bond acceptors (Lipinski definition) is 4. The first-order valence-corrected chi connectivity index (χ1v) is 14.3. The molecule has 0 N–H and O–H groups in total. The van der Waals surface area contributed by atoms with E-state index in [9.17, 15) is 9.59 Å². The first-order chi connectivity index (χ1) is 17.3. The lowest BCUT2D eigenvalue weighted by molar-refractivity contribution is -0.151. The van der Waals surface area contributed by atoms with E-state index in [4.69, 9.17) is 9.47 Å². The summed E-state index contributed by atoms with van der Waals surface area (Å²) < 4.78 is 11.1. The zero-order valence-electron chi connectivity index (χ0n) is 23.4. The highest BCUT2D eigenvalue weighted by atomic mass is 16.5. The van der Waals surface area contributed by atoms with Crippen molar-refractivity contribution in [1.29, 1.82) is 0 Å². The van der Waals surface area contributed by atoms with Crippen LogP contribution in [0.3, 0.4) is 0 Å². The summed E-state index contributed by atoms with van der Waals surface area (Å²) in [5, 5.41) is 0. The number of carbonyl (C=O) groups is 2. The highest BCUT2D eigenvalue weighted by Gasteiger charge is 2.33. The van der Waals surface area contributed by atoms with Crippen LogP contribution in [0.2, 0.25) is 0 Å². The van der Waals surface area contributed by atoms with Gasteiger partial charge < -0.3 is 9.47 Å². The summed E-state index contributed by atoms with van der Waals surface area (Å²) in [7, 11) is 0. The molecule has 1 fully saturated rings. The molecule has 0 aliphatic heterocycles. The molecule has 1 saturated carbocycles. The highest BCUT2D eigenvalue weighted by Crippen LogP contribution is 2.38. The first kappa shape index (κ1) is 30.1. The van der Waals surface area contributed by atoms with Crippen LogP contribution in [0.25, 0.3) is 0 Å². The molecule has 0 heterocycles. The maximum absolute atomic E-state index is 12.1. The van der Waals surface area contributed by atoms with Crippen LogP contribution >= 0.6 is 0 Å². The average molecular weight is 499 g/mol. The molecule has 0 spiro atoms. The minimum absolute atomic E-state index is 0.242. The summed E-state index contributed by atoms with van der Waals surface area (Å²) in [5.41, 5.74) is 2.75. The van der Waals surface area contributed by atoms with Gasteiger partial charge in [0.25, 0.3) is 0 Å². The van der Waals surface area contributed by atoms with Crippen molar-refractivity contribution >= 4 is 11.9 Å². The van der Waals surface area contributed by atoms with E-state index in [1.165, 1.54) is 69.4 Å². The van der Waals surface area contributed by atoms with Crippen molar-refractivity contribution in [2.45, 2.75) is 117 Å². The molecular weight excluding hydrogens is 448 g/mol. The topological polar surface area (TPSA) is 52.6 Å². The van der Waals surface area contributed by atoms with E-state index in [-0.39, 0.29) is 30.6 Å². The third kappa shape index (κ3) is 10.5. The Morgan fingerprint density at radius 2 is 1.53 bits per heavy atom. The van der Waals surface area contributed by atoms with Gasteiger partial charge in [-0.3, -0.25) is 4.79 Å². The molecule has 1 aliphatic rings. The number of carbonyl (C=O) groups excluding carboxylic acids is 2. The van der Waals surface area contributed by atoms with Crippen molar-refractivity contribution in [3.63, 3.8) is 0 Å². The Hall–Kier alpha value is -2.10. The third-order valence-electron chi connectivity index (χ3n) is 7.96. The molecule has 0 bridgehead atoms. The van der Waals surface area contributed by atoms with Crippen molar-refractivity contribution in [2.75, 3.05) is 13.2 Å². The summed E-state index contributed by atoms with van der Waals surface area (Å²) in [6, 6.07) is 9.16. The molecular formula is C32H50O4. The van der Waals surface area contributed by atoms with Crippen molar-refractivity contribution in [2.24, 2.45) is 11.3 Å². The lowest BCUT2D eigenvalue weighted by Gasteiger charge is -2.33. The molecule has 0 saturated heterocycles. The van der Waals surface area contributed by atoms with Gasteiger partial charge in [-0.25, -0.2) is 4.79 Å². The van der Waals surface area contributed by atoms with Crippen molar-refractivity contribution in [1.82, 2.24) is 0 Å². The van der Waals surface area contributed by atoms with Crippen LogP contribution in [0.4, 0.5) is 0 Å². The largest absolute Gasteiger partial charge is 0.465 e. The zero-order valence-corrected chi connectivity index (χ0v) is 23.4. The second kappa shape index (κ2) is 15.9. The third-order valence-corrected chi connectivity index (χ3v) is 7.96. The van der Waals surface area contributed by atoms with E-state index in [0.29, 0.717) is 11.5 Å². The Morgan fingerprint density at radius 1 is 0.889 bits per heavy atom. The normalized spacial score (nSPS) is 19.3. The molecule has 1 aliphatic carbocycles. The Balaban J connectivity index is 1.99. The first-order valence-electron chi connectivity index (χ1n) is 14.3. The Labute approximate surface area is 220 Å². The maximum Gasteiger partial charge on any atom is 0.333 e. The average Bonchev–Trinajstić information content (AvgIpc) is 2.88. The monoisotopic (exact) mass is 498 g/mol. The summed E-state index contributed by atoms with van der Waals surface area (Å²) in [6.45, 7) is 11.7. The molecule has 202 valence electrons. The van der Waals surface area contributed by atoms with Crippen molar-refractivity contribution in [3.8, 4) is 0 Å². The van der Waals surface area contributed by atoms with Gasteiger partial charge in [0.05, 0.1) is 0 Å². The van der Waals surface area contributed by atoms with Gasteiger partial charge >= 0.3 is 11.9 Å². The van der Waals surface area contributed by atoms with Gasteiger partial charge in [0, 0.05) is 17.9 Å².